The molecule has 0 spiro atoms. The Hall–Kier alpha value is -1.65. The standard InChI is InChI=1S/C14H22N4O/c1-3-9-5-4-6-10(7-9)14-17-8(2)11(13(16)19)12(15)18-14/h9-10H,3-7H2,1-2H3,(H2,16,19)(H2,15,17,18). The molecule has 0 aliphatic heterocycles. The van der Waals surface area contributed by atoms with Crippen molar-refractivity contribution in [2.24, 2.45) is 11.7 Å². The van der Waals surface area contributed by atoms with Crippen LogP contribution in [0.5, 0.6) is 0 Å². The molecule has 1 aromatic rings. The molecule has 5 nitrogen and oxygen atoms in total. The van der Waals surface area contributed by atoms with E-state index in [1.54, 1.807) is 6.92 Å². The molecule has 1 saturated carbocycles. The number of anilines is 1. The Bertz CT molecular complexity index is 463. The first-order chi connectivity index (χ1) is 9.02. The normalized spacial score (nSPS) is 23.3. The molecule has 2 atom stereocenters. The van der Waals surface area contributed by atoms with Gasteiger partial charge < -0.3 is 11.5 Å². The molecule has 1 amide bonds. The van der Waals surface area contributed by atoms with Crippen LogP contribution in [0.3, 0.4) is 0 Å². The second kappa shape index (κ2) is 5.55. The minimum absolute atomic E-state index is 0.216. The van der Waals surface area contributed by atoms with Crippen LogP contribution in [0.4, 0.5) is 5.82 Å². The zero-order valence-electron chi connectivity index (χ0n) is 11.6. The summed E-state index contributed by atoms with van der Waals surface area (Å²) < 4.78 is 0. The predicted octanol–water partition coefficient (Wildman–Crippen LogP) is 2.15. The van der Waals surface area contributed by atoms with Gasteiger partial charge in [-0.15, -0.1) is 0 Å². The molecule has 0 aromatic carbocycles. The first-order valence-corrected chi connectivity index (χ1v) is 6.96. The van der Waals surface area contributed by atoms with Crippen molar-refractivity contribution >= 4 is 11.7 Å². The molecule has 1 heterocycles. The van der Waals surface area contributed by atoms with Crippen molar-refractivity contribution < 1.29 is 4.79 Å². The zero-order valence-corrected chi connectivity index (χ0v) is 11.6. The number of nitrogens with two attached hydrogens (primary N) is 2. The second-order valence-corrected chi connectivity index (χ2v) is 5.43. The highest BCUT2D eigenvalue weighted by Gasteiger charge is 2.25. The number of rotatable bonds is 3. The van der Waals surface area contributed by atoms with Crippen molar-refractivity contribution in [2.45, 2.75) is 51.9 Å². The molecule has 2 rings (SSSR count). The van der Waals surface area contributed by atoms with E-state index in [0.717, 1.165) is 24.6 Å². The fraction of sp³-hybridized carbons (Fsp3) is 0.643. The van der Waals surface area contributed by atoms with E-state index in [2.05, 4.69) is 16.9 Å². The summed E-state index contributed by atoms with van der Waals surface area (Å²) in [5.41, 5.74) is 12.0. The zero-order chi connectivity index (χ0) is 14.0. The maximum atomic E-state index is 11.3. The predicted molar refractivity (Wildman–Crippen MR) is 74.7 cm³/mol. The van der Waals surface area contributed by atoms with E-state index < -0.39 is 5.91 Å². The van der Waals surface area contributed by atoms with Gasteiger partial charge in [-0.1, -0.05) is 26.2 Å². The fourth-order valence-corrected chi connectivity index (χ4v) is 3.00. The van der Waals surface area contributed by atoms with Gasteiger partial charge in [-0.2, -0.15) is 0 Å². The number of hydrogen-bond acceptors (Lipinski definition) is 4. The summed E-state index contributed by atoms with van der Waals surface area (Å²) in [7, 11) is 0. The lowest BCUT2D eigenvalue weighted by molar-refractivity contribution is 0.0999. The van der Waals surface area contributed by atoms with Crippen LogP contribution in [-0.4, -0.2) is 15.9 Å². The maximum absolute atomic E-state index is 11.3. The highest BCUT2D eigenvalue weighted by atomic mass is 16.1. The summed E-state index contributed by atoms with van der Waals surface area (Å²) >= 11 is 0. The number of carbonyl (C=O) groups excluding carboxylic acids is 1. The van der Waals surface area contributed by atoms with Gasteiger partial charge >= 0.3 is 0 Å². The minimum Gasteiger partial charge on any atom is -0.383 e. The number of amides is 1. The molecular weight excluding hydrogens is 240 g/mol. The fourth-order valence-electron chi connectivity index (χ4n) is 3.00. The van der Waals surface area contributed by atoms with Crippen LogP contribution in [0, 0.1) is 12.8 Å². The number of nitrogens with zero attached hydrogens (tertiary/aromatic N) is 2. The minimum atomic E-state index is -0.559. The Morgan fingerprint density at radius 2 is 2.11 bits per heavy atom. The number of carbonyl (C=O) groups is 1. The number of hydrogen-bond donors (Lipinski definition) is 2. The molecule has 1 aliphatic carbocycles. The molecule has 19 heavy (non-hydrogen) atoms. The van der Waals surface area contributed by atoms with Crippen molar-refractivity contribution in [1.82, 2.24) is 9.97 Å². The van der Waals surface area contributed by atoms with E-state index in [1.807, 2.05) is 0 Å². The molecule has 1 fully saturated rings. The summed E-state index contributed by atoms with van der Waals surface area (Å²) in [4.78, 5) is 20.1. The van der Waals surface area contributed by atoms with Crippen LogP contribution in [0.15, 0.2) is 0 Å². The number of aromatic nitrogens is 2. The lowest BCUT2D eigenvalue weighted by Gasteiger charge is -2.27. The maximum Gasteiger partial charge on any atom is 0.254 e. The van der Waals surface area contributed by atoms with E-state index in [0.29, 0.717) is 11.6 Å². The van der Waals surface area contributed by atoms with Gasteiger partial charge in [-0.3, -0.25) is 4.79 Å². The van der Waals surface area contributed by atoms with Gasteiger partial charge in [-0.25, -0.2) is 9.97 Å². The Balaban J connectivity index is 2.28. The van der Waals surface area contributed by atoms with Gasteiger partial charge in [0.15, 0.2) is 0 Å². The van der Waals surface area contributed by atoms with Crippen molar-refractivity contribution in [3.63, 3.8) is 0 Å². The molecule has 5 heteroatoms. The quantitative estimate of drug-likeness (QED) is 0.872. The number of primary amides is 1. The van der Waals surface area contributed by atoms with Gasteiger partial charge in [0.25, 0.3) is 5.91 Å². The Labute approximate surface area is 113 Å². The SMILES string of the molecule is CCC1CCCC(c2nc(C)c(C(N)=O)c(N)n2)C1. The number of aryl methyl sites for hydroxylation is 1. The summed E-state index contributed by atoms with van der Waals surface area (Å²) in [5, 5.41) is 0. The van der Waals surface area contributed by atoms with E-state index in [1.165, 1.54) is 19.3 Å². The third-order valence-electron chi connectivity index (χ3n) is 4.11. The number of nitrogen functional groups attached to an aromatic ring is 1. The summed E-state index contributed by atoms with van der Waals surface area (Å²) in [6.07, 6.45) is 5.92. The Kier molecular flexibility index (Phi) is 4.02. The van der Waals surface area contributed by atoms with Crippen molar-refractivity contribution in [3.05, 3.63) is 17.1 Å². The van der Waals surface area contributed by atoms with E-state index >= 15 is 0 Å². The van der Waals surface area contributed by atoms with E-state index in [4.69, 9.17) is 11.5 Å². The summed E-state index contributed by atoms with van der Waals surface area (Å²) in [5.74, 6) is 1.55. The second-order valence-electron chi connectivity index (χ2n) is 5.43. The van der Waals surface area contributed by atoms with E-state index in [-0.39, 0.29) is 11.4 Å². The molecule has 0 radical (unpaired) electrons. The van der Waals surface area contributed by atoms with Crippen molar-refractivity contribution in [2.75, 3.05) is 5.73 Å². The molecule has 0 bridgehead atoms. The third-order valence-corrected chi connectivity index (χ3v) is 4.11. The van der Waals surface area contributed by atoms with E-state index in [9.17, 15) is 4.79 Å². The average Bonchev–Trinajstić information content (AvgIpc) is 2.37. The Morgan fingerprint density at radius 3 is 2.68 bits per heavy atom. The Morgan fingerprint density at radius 1 is 1.37 bits per heavy atom. The lowest BCUT2D eigenvalue weighted by atomic mass is 9.80. The van der Waals surface area contributed by atoms with Crippen LogP contribution >= 0.6 is 0 Å². The van der Waals surface area contributed by atoms with Crippen LogP contribution in [-0.2, 0) is 0 Å². The van der Waals surface area contributed by atoms with Gasteiger partial charge in [0.2, 0.25) is 0 Å². The van der Waals surface area contributed by atoms with Crippen LogP contribution in [0.2, 0.25) is 0 Å². The third kappa shape index (κ3) is 2.85. The highest BCUT2D eigenvalue weighted by Crippen LogP contribution is 2.36. The smallest absolute Gasteiger partial charge is 0.254 e. The first kappa shape index (κ1) is 13.8. The molecule has 0 saturated heterocycles. The summed E-state index contributed by atoms with van der Waals surface area (Å²) in [6.45, 7) is 3.99. The molecule has 2 unspecified atom stereocenters. The largest absolute Gasteiger partial charge is 0.383 e. The average molecular weight is 262 g/mol. The van der Waals surface area contributed by atoms with Crippen LogP contribution in [0.1, 0.15) is 66.8 Å². The highest BCUT2D eigenvalue weighted by molar-refractivity contribution is 5.98. The summed E-state index contributed by atoms with van der Waals surface area (Å²) in [6, 6.07) is 0. The van der Waals surface area contributed by atoms with Crippen molar-refractivity contribution in [3.8, 4) is 0 Å². The monoisotopic (exact) mass is 262 g/mol. The lowest BCUT2D eigenvalue weighted by Crippen LogP contribution is -2.21. The molecule has 1 aliphatic rings. The first-order valence-electron chi connectivity index (χ1n) is 6.96. The molecular formula is C14H22N4O. The topological polar surface area (TPSA) is 94.9 Å². The van der Waals surface area contributed by atoms with Gasteiger partial charge in [0.05, 0.1) is 5.69 Å². The van der Waals surface area contributed by atoms with Gasteiger partial charge in [-0.05, 0) is 25.7 Å². The molecule has 4 N–H and O–H groups in total. The molecule has 104 valence electrons. The van der Waals surface area contributed by atoms with Crippen molar-refractivity contribution in [1.29, 1.82) is 0 Å². The van der Waals surface area contributed by atoms with Crippen LogP contribution < -0.4 is 11.5 Å². The molecule has 1 aromatic heterocycles. The van der Waals surface area contributed by atoms with Gasteiger partial charge in [0.1, 0.15) is 17.2 Å². The van der Waals surface area contributed by atoms with Crippen LogP contribution in [0.25, 0.3) is 0 Å². The van der Waals surface area contributed by atoms with Gasteiger partial charge in [0, 0.05) is 5.92 Å².